The molecule has 0 radical (unpaired) electrons. The molecular weight excluding hydrogens is 613 g/mol. The van der Waals surface area contributed by atoms with Crippen molar-refractivity contribution in [2.75, 3.05) is 13.2 Å². The van der Waals surface area contributed by atoms with Crippen molar-refractivity contribution >= 4 is 0 Å². The standard InChI is InChI=1S/C15H20O2.C15H20O.8C2H6.CH4/c1-11-10-16-15-13(11)8-5-9-14(15)17-12-6-3-2-4-7-12;1-11-10-16-15-13(11)8-5-9-14(15)12-6-3-2-4-7-12;8*1-2;/h5,8-9,11-12H,2-4,6-7,10H2,1H3;5,8-9,11-12H,2-4,6-7,10H2,1H3;8*1-2H3;1H4. The van der Waals surface area contributed by atoms with Gasteiger partial charge in [0.2, 0.25) is 0 Å². The smallest absolute Gasteiger partial charge is 0.164 e. The average Bonchev–Trinajstić information content (AvgIpc) is 3.81. The second-order valence-electron chi connectivity index (χ2n) is 10.6. The van der Waals surface area contributed by atoms with Crippen LogP contribution in [0.15, 0.2) is 36.4 Å². The first-order valence-corrected chi connectivity index (χ1v) is 21.4. The molecule has 0 amide bonds. The molecule has 4 aliphatic rings. The van der Waals surface area contributed by atoms with Crippen LogP contribution in [-0.2, 0) is 0 Å². The van der Waals surface area contributed by atoms with Gasteiger partial charge in [-0.3, -0.25) is 0 Å². The molecule has 2 heterocycles. The van der Waals surface area contributed by atoms with Crippen molar-refractivity contribution in [3.05, 3.63) is 53.1 Å². The zero-order valence-electron chi connectivity index (χ0n) is 36.5. The van der Waals surface area contributed by atoms with E-state index < -0.39 is 0 Å². The third-order valence-corrected chi connectivity index (χ3v) is 7.99. The molecule has 50 heavy (non-hydrogen) atoms. The molecule has 3 nitrogen and oxygen atoms in total. The van der Waals surface area contributed by atoms with Crippen molar-refractivity contribution < 1.29 is 14.2 Å². The van der Waals surface area contributed by atoms with Crippen LogP contribution in [0, 0.1) is 0 Å². The molecule has 3 heteroatoms. The Balaban J connectivity index is -0.000000191. The van der Waals surface area contributed by atoms with Crippen molar-refractivity contribution in [3.8, 4) is 17.2 Å². The zero-order chi connectivity index (χ0) is 38.6. The number of benzene rings is 2. The summed E-state index contributed by atoms with van der Waals surface area (Å²) in [6.07, 6.45) is 13.7. The van der Waals surface area contributed by atoms with Crippen LogP contribution in [0.4, 0.5) is 0 Å². The Morgan fingerprint density at radius 1 is 0.460 bits per heavy atom. The summed E-state index contributed by atoms with van der Waals surface area (Å²) < 4.78 is 17.8. The number of para-hydroxylation sites is 2. The summed E-state index contributed by atoms with van der Waals surface area (Å²) in [5, 5.41) is 0. The third kappa shape index (κ3) is 20.0. The number of fused-ring (bicyclic) bond motifs is 2. The SMILES string of the molecule is C.CC.CC.CC.CC.CC.CC.CC.CC.CC1COc2c(OC3CCCCC3)cccc21.CC1COc2c1cccc2C1CCCCC1. The van der Waals surface area contributed by atoms with Gasteiger partial charge in [0.05, 0.1) is 19.3 Å². The minimum absolute atomic E-state index is 0. The van der Waals surface area contributed by atoms with Crippen LogP contribution in [0.1, 0.15) is 231 Å². The lowest BCUT2D eigenvalue weighted by Crippen LogP contribution is -2.19. The number of rotatable bonds is 3. The van der Waals surface area contributed by atoms with Crippen LogP contribution >= 0.6 is 0 Å². The molecule has 0 spiro atoms. The van der Waals surface area contributed by atoms with Gasteiger partial charge < -0.3 is 14.2 Å². The Bertz CT molecular complexity index is 926. The largest absolute Gasteiger partial charge is 0.492 e. The van der Waals surface area contributed by atoms with Gasteiger partial charge in [0.15, 0.2) is 11.5 Å². The van der Waals surface area contributed by atoms with E-state index in [4.69, 9.17) is 14.2 Å². The highest BCUT2D eigenvalue weighted by molar-refractivity contribution is 5.50. The van der Waals surface area contributed by atoms with Gasteiger partial charge in [-0.05, 0) is 56.1 Å². The predicted molar refractivity (Wildman–Crippen MR) is 232 cm³/mol. The van der Waals surface area contributed by atoms with Crippen LogP contribution in [0.3, 0.4) is 0 Å². The first-order chi connectivity index (χ1) is 24.2. The first-order valence-electron chi connectivity index (χ1n) is 21.4. The van der Waals surface area contributed by atoms with E-state index in [0.29, 0.717) is 17.9 Å². The molecule has 6 rings (SSSR count). The quantitative estimate of drug-likeness (QED) is 0.318. The Labute approximate surface area is 317 Å². The molecule has 2 unspecified atom stereocenters. The molecule has 0 aromatic heterocycles. The van der Waals surface area contributed by atoms with Crippen molar-refractivity contribution in [2.45, 2.75) is 220 Å². The van der Waals surface area contributed by atoms with E-state index in [2.05, 4.69) is 44.2 Å². The van der Waals surface area contributed by atoms with Crippen molar-refractivity contribution in [2.24, 2.45) is 0 Å². The van der Waals surface area contributed by atoms with E-state index >= 15 is 0 Å². The van der Waals surface area contributed by atoms with Gasteiger partial charge >= 0.3 is 0 Å². The van der Waals surface area contributed by atoms with E-state index in [1.807, 2.05) is 117 Å². The molecule has 0 saturated heterocycles. The molecule has 2 aromatic carbocycles. The minimum atomic E-state index is 0. The van der Waals surface area contributed by atoms with E-state index in [1.165, 1.54) is 86.6 Å². The van der Waals surface area contributed by atoms with E-state index in [1.54, 1.807) is 0 Å². The first kappa shape index (κ1) is 57.2. The lowest BCUT2D eigenvalue weighted by atomic mass is 9.82. The highest BCUT2D eigenvalue weighted by atomic mass is 16.5. The van der Waals surface area contributed by atoms with Gasteiger partial charge in [-0.25, -0.2) is 0 Å². The van der Waals surface area contributed by atoms with Crippen molar-refractivity contribution in [1.29, 1.82) is 0 Å². The summed E-state index contributed by atoms with van der Waals surface area (Å²) in [6.45, 7) is 38.1. The molecule has 0 bridgehead atoms. The molecule has 2 aliphatic heterocycles. The Morgan fingerprint density at radius 3 is 1.28 bits per heavy atom. The molecule has 2 saturated carbocycles. The highest BCUT2D eigenvalue weighted by Crippen LogP contribution is 2.44. The second-order valence-corrected chi connectivity index (χ2v) is 10.6. The molecule has 2 aromatic rings. The van der Waals surface area contributed by atoms with Crippen LogP contribution in [0.2, 0.25) is 0 Å². The summed E-state index contributed by atoms with van der Waals surface area (Å²) in [5.74, 6) is 5.01. The fourth-order valence-electron chi connectivity index (χ4n) is 5.99. The summed E-state index contributed by atoms with van der Waals surface area (Å²) in [6, 6.07) is 13.0. The molecular formula is C47H92O3. The molecule has 298 valence electrons. The number of hydrogen-bond acceptors (Lipinski definition) is 3. The fourth-order valence-corrected chi connectivity index (χ4v) is 5.99. The molecule has 0 N–H and O–H groups in total. The zero-order valence-corrected chi connectivity index (χ0v) is 36.5. The van der Waals surface area contributed by atoms with E-state index in [-0.39, 0.29) is 7.43 Å². The van der Waals surface area contributed by atoms with Gasteiger partial charge in [-0.2, -0.15) is 0 Å². The van der Waals surface area contributed by atoms with Gasteiger partial charge in [0.1, 0.15) is 5.75 Å². The maximum atomic E-state index is 6.12. The maximum absolute atomic E-state index is 6.12. The predicted octanol–water partition coefficient (Wildman–Crippen LogP) is 17.0. The Morgan fingerprint density at radius 2 is 0.820 bits per heavy atom. The van der Waals surface area contributed by atoms with Gasteiger partial charge in [0, 0.05) is 23.0 Å². The summed E-state index contributed by atoms with van der Waals surface area (Å²) >= 11 is 0. The van der Waals surface area contributed by atoms with Crippen LogP contribution in [0.5, 0.6) is 17.2 Å². The third-order valence-electron chi connectivity index (χ3n) is 7.99. The van der Waals surface area contributed by atoms with Gasteiger partial charge in [-0.1, -0.05) is 188 Å². The van der Waals surface area contributed by atoms with Crippen LogP contribution in [-0.4, -0.2) is 19.3 Å². The normalized spacial score (nSPS) is 17.2. The minimum Gasteiger partial charge on any atom is -0.492 e. The summed E-state index contributed by atoms with van der Waals surface area (Å²) in [7, 11) is 0. The fraction of sp³-hybridized carbons (Fsp3) is 0.745. The lowest BCUT2D eigenvalue weighted by molar-refractivity contribution is 0.149. The average molecular weight is 705 g/mol. The van der Waals surface area contributed by atoms with E-state index in [0.717, 1.165) is 30.6 Å². The van der Waals surface area contributed by atoms with Gasteiger partial charge in [-0.15, -0.1) is 0 Å². The summed E-state index contributed by atoms with van der Waals surface area (Å²) in [5.41, 5.74) is 4.22. The van der Waals surface area contributed by atoms with E-state index in [9.17, 15) is 0 Å². The molecule has 2 atom stereocenters. The molecule has 2 fully saturated rings. The monoisotopic (exact) mass is 705 g/mol. The van der Waals surface area contributed by atoms with Crippen molar-refractivity contribution in [3.63, 3.8) is 0 Å². The maximum Gasteiger partial charge on any atom is 0.164 e. The number of ether oxygens (including phenoxy) is 3. The van der Waals surface area contributed by atoms with Crippen LogP contribution in [0.25, 0.3) is 0 Å². The highest BCUT2D eigenvalue weighted by Gasteiger charge is 2.27. The van der Waals surface area contributed by atoms with Gasteiger partial charge in [0.25, 0.3) is 0 Å². The topological polar surface area (TPSA) is 27.7 Å². The van der Waals surface area contributed by atoms with Crippen molar-refractivity contribution in [1.82, 2.24) is 0 Å². The summed E-state index contributed by atoms with van der Waals surface area (Å²) in [4.78, 5) is 0. The lowest BCUT2D eigenvalue weighted by Gasteiger charge is -2.23. The van der Waals surface area contributed by atoms with Crippen LogP contribution < -0.4 is 14.2 Å². The number of hydrogen-bond donors (Lipinski definition) is 0. The second kappa shape index (κ2) is 41.3. The Hall–Kier alpha value is -2.16. The Kier molecular flexibility index (Phi) is 47.2. The molecule has 2 aliphatic carbocycles.